The molecule has 1 aliphatic heterocycles. The molecule has 0 unspecified atom stereocenters. The van der Waals surface area contributed by atoms with Crippen LogP contribution in [0.15, 0.2) is 48.8 Å². The van der Waals surface area contributed by atoms with Crippen molar-refractivity contribution < 1.29 is 22.7 Å². The molecule has 2 aromatic heterocycles. The van der Waals surface area contributed by atoms with Gasteiger partial charge in [0, 0.05) is 13.1 Å². The molecule has 0 spiro atoms. The Balaban J connectivity index is 1.47. The maximum absolute atomic E-state index is 13.2. The normalized spacial score (nSPS) is 14.6. The van der Waals surface area contributed by atoms with Crippen molar-refractivity contribution >= 4 is 17.4 Å². The average molecular weight is 418 g/mol. The van der Waals surface area contributed by atoms with Crippen molar-refractivity contribution in [3.05, 3.63) is 60.0 Å². The van der Waals surface area contributed by atoms with Gasteiger partial charge in [-0.2, -0.15) is 13.2 Å². The van der Waals surface area contributed by atoms with Crippen LogP contribution >= 0.6 is 0 Å². The van der Waals surface area contributed by atoms with Crippen molar-refractivity contribution in [3.63, 3.8) is 0 Å². The van der Waals surface area contributed by atoms with Gasteiger partial charge in [-0.15, -0.1) is 5.10 Å². The third-order valence-electron chi connectivity index (χ3n) is 4.52. The summed E-state index contributed by atoms with van der Waals surface area (Å²) in [6, 6.07) is 8.40. The summed E-state index contributed by atoms with van der Waals surface area (Å²) in [5, 5.41) is 9.98. The molecule has 1 aromatic carbocycles. The van der Waals surface area contributed by atoms with E-state index in [1.54, 1.807) is 12.1 Å². The van der Waals surface area contributed by atoms with E-state index >= 15 is 0 Å². The number of pyridine rings is 1. The molecule has 0 atom stereocenters. The van der Waals surface area contributed by atoms with E-state index in [2.05, 4.69) is 25.5 Å². The van der Waals surface area contributed by atoms with Crippen LogP contribution in [0.3, 0.4) is 0 Å². The second kappa shape index (κ2) is 8.11. The maximum Gasteiger partial charge on any atom is 0.418 e. The number of halogens is 3. The van der Waals surface area contributed by atoms with Gasteiger partial charge in [0.2, 0.25) is 0 Å². The van der Waals surface area contributed by atoms with Crippen molar-refractivity contribution in [2.75, 3.05) is 36.5 Å². The fraction of sp³-hybridized carbons (Fsp3) is 0.263. The molecule has 4 rings (SSSR count). The van der Waals surface area contributed by atoms with Crippen molar-refractivity contribution in [3.8, 4) is 5.69 Å². The Labute approximate surface area is 169 Å². The molecule has 1 amide bonds. The lowest BCUT2D eigenvalue weighted by molar-refractivity contribution is -0.137. The van der Waals surface area contributed by atoms with Crippen LogP contribution < -0.4 is 10.2 Å². The number of carbonyl (C=O) groups excluding carboxylic acids is 1. The summed E-state index contributed by atoms with van der Waals surface area (Å²) in [5.41, 5.74) is -0.774. The highest BCUT2D eigenvalue weighted by Crippen LogP contribution is 2.33. The summed E-state index contributed by atoms with van der Waals surface area (Å²) in [7, 11) is 0. The van der Waals surface area contributed by atoms with E-state index in [4.69, 9.17) is 4.74 Å². The van der Waals surface area contributed by atoms with Gasteiger partial charge in [-0.3, -0.25) is 4.79 Å². The molecule has 3 heterocycles. The molecule has 1 saturated heterocycles. The molecule has 8 nitrogen and oxygen atoms in total. The molecule has 0 saturated carbocycles. The molecule has 1 N–H and O–H groups in total. The summed E-state index contributed by atoms with van der Waals surface area (Å²) in [5.74, 6) is 0.165. The van der Waals surface area contributed by atoms with Crippen LogP contribution in [0.2, 0.25) is 0 Å². The summed E-state index contributed by atoms with van der Waals surface area (Å²) in [6.07, 6.45) is -1.90. The Bertz CT molecular complexity index is 1030. The average Bonchev–Trinajstić information content (AvgIpc) is 3.25. The molecule has 1 aliphatic rings. The Morgan fingerprint density at radius 3 is 2.57 bits per heavy atom. The fourth-order valence-corrected chi connectivity index (χ4v) is 3.03. The lowest BCUT2D eigenvalue weighted by Gasteiger charge is -2.27. The Hall–Kier alpha value is -3.47. The first kappa shape index (κ1) is 19.8. The van der Waals surface area contributed by atoms with Gasteiger partial charge >= 0.3 is 6.18 Å². The molecule has 3 aromatic rings. The Morgan fingerprint density at radius 2 is 1.87 bits per heavy atom. The number of morpholine rings is 1. The summed E-state index contributed by atoms with van der Waals surface area (Å²) >= 11 is 0. The SMILES string of the molecule is O=C(Nc1ccc(N2CCOCC2)nc1)c1cn(-c2ccccc2C(F)(F)F)nn1. The van der Waals surface area contributed by atoms with Gasteiger partial charge in [-0.05, 0) is 24.3 Å². The zero-order valence-electron chi connectivity index (χ0n) is 15.6. The Morgan fingerprint density at radius 1 is 1.10 bits per heavy atom. The van der Waals surface area contributed by atoms with Crippen LogP contribution in [0, 0.1) is 0 Å². The number of alkyl halides is 3. The smallest absolute Gasteiger partial charge is 0.378 e. The minimum atomic E-state index is -4.56. The number of carbonyl (C=O) groups is 1. The highest BCUT2D eigenvalue weighted by molar-refractivity contribution is 6.02. The first-order valence-electron chi connectivity index (χ1n) is 9.11. The van der Waals surface area contributed by atoms with Crippen LogP contribution in [-0.4, -0.2) is 52.2 Å². The fourth-order valence-electron chi connectivity index (χ4n) is 3.03. The van der Waals surface area contributed by atoms with Crippen LogP contribution in [0.4, 0.5) is 24.7 Å². The van der Waals surface area contributed by atoms with E-state index in [0.717, 1.165) is 35.9 Å². The lowest BCUT2D eigenvalue weighted by Crippen LogP contribution is -2.36. The van der Waals surface area contributed by atoms with E-state index in [9.17, 15) is 18.0 Å². The number of ether oxygens (including phenoxy) is 1. The highest BCUT2D eigenvalue weighted by atomic mass is 19.4. The Kier molecular flexibility index (Phi) is 5.36. The molecule has 30 heavy (non-hydrogen) atoms. The van der Waals surface area contributed by atoms with Crippen molar-refractivity contribution in [1.29, 1.82) is 0 Å². The van der Waals surface area contributed by atoms with Crippen molar-refractivity contribution in [2.45, 2.75) is 6.18 Å². The zero-order valence-corrected chi connectivity index (χ0v) is 15.6. The number of aromatic nitrogens is 4. The monoisotopic (exact) mass is 418 g/mol. The number of benzene rings is 1. The van der Waals surface area contributed by atoms with Crippen LogP contribution in [0.25, 0.3) is 5.69 Å². The predicted molar refractivity (Wildman–Crippen MR) is 102 cm³/mol. The van der Waals surface area contributed by atoms with Gasteiger partial charge in [-0.25, -0.2) is 9.67 Å². The molecule has 1 fully saturated rings. The van der Waals surface area contributed by atoms with Gasteiger partial charge in [0.15, 0.2) is 5.69 Å². The summed E-state index contributed by atoms with van der Waals surface area (Å²) < 4.78 is 45.8. The summed E-state index contributed by atoms with van der Waals surface area (Å²) in [4.78, 5) is 18.8. The molecule has 156 valence electrons. The van der Waals surface area contributed by atoms with Crippen molar-refractivity contribution in [1.82, 2.24) is 20.0 Å². The number of rotatable bonds is 4. The topological polar surface area (TPSA) is 85.2 Å². The maximum atomic E-state index is 13.2. The molecular weight excluding hydrogens is 401 g/mol. The van der Waals surface area contributed by atoms with Gasteiger partial charge in [0.25, 0.3) is 5.91 Å². The van der Waals surface area contributed by atoms with E-state index in [1.165, 1.54) is 24.4 Å². The number of nitrogens with one attached hydrogen (secondary N) is 1. The number of nitrogens with zero attached hydrogens (tertiary/aromatic N) is 5. The zero-order chi connectivity index (χ0) is 21.1. The van der Waals surface area contributed by atoms with Crippen LogP contribution in [0.5, 0.6) is 0 Å². The third-order valence-corrected chi connectivity index (χ3v) is 4.52. The second-order valence-corrected chi connectivity index (χ2v) is 6.52. The van der Waals surface area contributed by atoms with E-state index in [-0.39, 0.29) is 11.4 Å². The first-order valence-corrected chi connectivity index (χ1v) is 9.11. The minimum absolute atomic E-state index is 0.121. The van der Waals surface area contributed by atoms with Gasteiger partial charge in [-0.1, -0.05) is 17.3 Å². The number of amides is 1. The number of anilines is 2. The van der Waals surface area contributed by atoms with Gasteiger partial charge in [0.05, 0.1) is 42.5 Å². The quantitative estimate of drug-likeness (QED) is 0.702. The van der Waals surface area contributed by atoms with Gasteiger partial charge < -0.3 is 15.0 Å². The molecule has 11 heteroatoms. The highest BCUT2D eigenvalue weighted by Gasteiger charge is 2.34. The largest absolute Gasteiger partial charge is 0.418 e. The molecular formula is C19H17F3N6O2. The van der Waals surface area contributed by atoms with Gasteiger partial charge in [0.1, 0.15) is 5.82 Å². The number of para-hydroxylation sites is 1. The number of hydrogen-bond donors (Lipinski definition) is 1. The standard InChI is InChI=1S/C19H17F3N6O2/c20-19(21,22)14-3-1-2-4-16(14)28-12-15(25-26-28)18(29)24-13-5-6-17(23-11-13)27-7-9-30-10-8-27/h1-6,11-12H,7-10H2,(H,24,29). The molecule has 0 radical (unpaired) electrons. The predicted octanol–water partition coefficient (Wildman–Crippen LogP) is 2.77. The van der Waals surface area contributed by atoms with E-state index in [0.29, 0.717) is 18.9 Å². The molecule has 0 aliphatic carbocycles. The van der Waals surface area contributed by atoms with E-state index < -0.39 is 17.6 Å². The minimum Gasteiger partial charge on any atom is -0.378 e. The molecule has 0 bridgehead atoms. The second-order valence-electron chi connectivity index (χ2n) is 6.52. The van der Waals surface area contributed by atoms with E-state index in [1.807, 2.05) is 0 Å². The van der Waals surface area contributed by atoms with Crippen LogP contribution in [0.1, 0.15) is 16.1 Å². The third kappa shape index (κ3) is 4.25. The van der Waals surface area contributed by atoms with Crippen LogP contribution in [-0.2, 0) is 10.9 Å². The number of hydrogen-bond acceptors (Lipinski definition) is 6. The first-order chi connectivity index (χ1) is 14.4. The van der Waals surface area contributed by atoms with Crippen molar-refractivity contribution in [2.24, 2.45) is 0 Å². The lowest BCUT2D eigenvalue weighted by atomic mass is 10.1. The summed E-state index contributed by atoms with van der Waals surface area (Å²) in [6.45, 7) is 2.74.